The molecule has 1 saturated heterocycles. The van der Waals surface area contributed by atoms with Crippen LogP contribution >= 0.6 is 0 Å². The van der Waals surface area contributed by atoms with Crippen LogP contribution in [-0.4, -0.2) is 45.7 Å². The summed E-state index contributed by atoms with van der Waals surface area (Å²) in [4.78, 5) is 18.1. The molecule has 5 nitrogen and oxygen atoms in total. The summed E-state index contributed by atoms with van der Waals surface area (Å²) in [5, 5.41) is 10.6. The molecule has 0 spiro atoms. The quantitative estimate of drug-likeness (QED) is 0.938. The molecule has 24 heavy (non-hydrogen) atoms. The van der Waals surface area contributed by atoms with Crippen molar-refractivity contribution in [1.29, 1.82) is 0 Å². The number of piperidine rings is 1. The molecule has 1 aliphatic heterocycles. The van der Waals surface area contributed by atoms with E-state index in [1.165, 1.54) is 12.1 Å². The lowest BCUT2D eigenvalue weighted by atomic mass is 9.90. The van der Waals surface area contributed by atoms with E-state index < -0.39 is 17.5 Å². The molecule has 1 amide bonds. The van der Waals surface area contributed by atoms with E-state index in [1.54, 1.807) is 48.5 Å². The Labute approximate surface area is 139 Å². The van der Waals surface area contributed by atoms with Gasteiger partial charge < -0.3 is 14.7 Å². The monoisotopic (exact) mass is 330 g/mol. The number of likely N-dealkylation sites (tertiary alicyclic amines) is 1. The number of amides is 1. The number of benzene rings is 1. The van der Waals surface area contributed by atoms with Gasteiger partial charge in [0.2, 0.25) is 0 Å². The Kier molecular flexibility index (Phi) is 4.49. The van der Waals surface area contributed by atoms with Gasteiger partial charge in [0.15, 0.2) is 0 Å². The predicted octanol–water partition coefficient (Wildman–Crippen LogP) is 2.27. The van der Waals surface area contributed by atoms with Crippen LogP contribution in [0.3, 0.4) is 0 Å². The van der Waals surface area contributed by atoms with Gasteiger partial charge >= 0.3 is 0 Å². The average Bonchev–Trinajstić information content (AvgIpc) is 2.57. The van der Waals surface area contributed by atoms with Crippen LogP contribution in [0.5, 0.6) is 5.75 Å². The van der Waals surface area contributed by atoms with E-state index in [-0.39, 0.29) is 12.5 Å². The maximum atomic E-state index is 13.3. The molecule has 0 radical (unpaired) electrons. The van der Waals surface area contributed by atoms with Gasteiger partial charge in [-0.1, -0.05) is 6.07 Å². The highest BCUT2D eigenvalue weighted by molar-refractivity contribution is 5.94. The van der Waals surface area contributed by atoms with E-state index in [4.69, 9.17) is 4.74 Å². The molecule has 1 N–H and O–H groups in total. The fraction of sp³-hybridized carbons (Fsp3) is 0.333. The highest BCUT2D eigenvalue weighted by Crippen LogP contribution is 2.27. The van der Waals surface area contributed by atoms with Gasteiger partial charge in [-0.05, 0) is 37.6 Å². The molecule has 1 fully saturated rings. The fourth-order valence-electron chi connectivity index (χ4n) is 2.74. The van der Waals surface area contributed by atoms with E-state index in [1.807, 2.05) is 0 Å². The third-order valence-electron chi connectivity index (χ3n) is 4.26. The lowest BCUT2D eigenvalue weighted by Crippen LogP contribution is -2.57. The van der Waals surface area contributed by atoms with Crippen LogP contribution in [-0.2, 0) is 0 Å². The molecule has 1 aromatic carbocycles. The Morgan fingerprint density at radius 2 is 2.12 bits per heavy atom. The first-order valence-electron chi connectivity index (χ1n) is 7.79. The second kappa shape index (κ2) is 6.57. The summed E-state index contributed by atoms with van der Waals surface area (Å²) >= 11 is 0. The smallest absolute Gasteiger partial charge is 0.254 e. The first-order chi connectivity index (χ1) is 11.5. The van der Waals surface area contributed by atoms with Crippen LogP contribution in [0.15, 0.2) is 48.8 Å². The summed E-state index contributed by atoms with van der Waals surface area (Å²) < 4.78 is 19.1. The number of ether oxygens (including phenoxy) is 1. The van der Waals surface area contributed by atoms with Gasteiger partial charge in [-0.15, -0.1) is 0 Å². The van der Waals surface area contributed by atoms with Gasteiger partial charge in [0.05, 0.1) is 6.54 Å². The van der Waals surface area contributed by atoms with E-state index >= 15 is 0 Å². The van der Waals surface area contributed by atoms with Crippen LogP contribution in [0.1, 0.15) is 23.7 Å². The Morgan fingerprint density at radius 1 is 1.38 bits per heavy atom. The van der Waals surface area contributed by atoms with Crippen molar-refractivity contribution >= 4 is 5.91 Å². The SMILES string of the molecule is C[C@]1(O)CCN(C(=O)c2ccncc2)C[C@@H]1Oc1cccc(F)c1. The summed E-state index contributed by atoms with van der Waals surface area (Å²) in [5.74, 6) is -0.216. The van der Waals surface area contributed by atoms with Crippen molar-refractivity contribution in [2.45, 2.75) is 25.0 Å². The van der Waals surface area contributed by atoms with Crippen LogP contribution in [0, 0.1) is 5.82 Å². The van der Waals surface area contributed by atoms with E-state index in [2.05, 4.69) is 4.98 Å². The molecular formula is C18H19FN2O3. The first kappa shape index (κ1) is 16.4. The largest absolute Gasteiger partial charge is 0.485 e. The van der Waals surface area contributed by atoms with E-state index in [9.17, 15) is 14.3 Å². The minimum absolute atomic E-state index is 0.138. The number of hydrogen-bond acceptors (Lipinski definition) is 4. The number of aromatic nitrogens is 1. The van der Waals surface area contributed by atoms with Gasteiger partial charge in [-0.25, -0.2) is 4.39 Å². The molecule has 6 heteroatoms. The van der Waals surface area contributed by atoms with Crippen LogP contribution in [0.25, 0.3) is 0 Å². The number of rotatable bonds is 3. The zero-order chi connectivity index (χ0) is 17.2. The summed E-state index contributed by atoms with van der Waals surface area (Å²) in [6.45, 7) is 2.33. The average molecular weight is 330 g/mol. The second-order valence-electron chi connectivity index (χ2n) is 6.16. The molecule has 0 aliphatic carbocycles. The number of pyridine rings is 1. The molecule has 2 heterocycles. The number of hydrogen-bond donors (Lipinski definition) is 1. The third-order valence-corrected chi connectivity index (χ3v) is 4.26. The number of halogens is 1. The predicted molar refractivity (Wildman–Crippen MR) is 86.2 cm³/mol. The molecule has 0 bridgehead atoms. The molecule has 1 aliphatic rings. The van der Waals surface area contributed by atoms with E-state index in [0.717, 1.165) is 0 Å². The summed E-state index contributed by atoms with van der Waals surface area (Å²) in [6.07, 6.45) is 2.87. The maximum Gasteiger partial charge on any atom is 0.254 e. The second-order valence-corrected chi connectivity index (χ2v) is 6.16. The van der Waals surface area contributed by atoms with Crippen molar-refractivity contribution in [3.05, 3.63) is 60.2 Å². The number of nitrogens with zero attached hydrogens (tertiary/aromatic N) is 2. The zero-order valence-corrected chi connectivity index (χ0v) is 13.4. The van der Waals surface area contributed by atoms with Gasteiger partial charge in [-0.2, -0.15) is 0 Å². The standard InChI is InChI=1S/C18H19FN2O3/c1-18(23)7-10-21(17(22)13-5-8-20-9-6-13)12-16(18)24-15-4-2-3-14(19)11-15/h2-6,8-9,11,16,23H,7,10,12H2,1H3/t16-,18-/m0/s1. The molecule has 3 rings (SSSR count). The first-order valence-corrected chi connectivity index (χ1v) is 7.79. The van der Waals surface area contributed by atoms with Gasteiger partial charge in [-0.3, -0.25) is 9.78 Å². The highest BCUT2D eigenvalue weighted by atomic mass is 19.1. The van der Waals surface area contributed by atoms with Gasteiger partial charge in [0.1, 0.15) is 23.3 Å². The number of carbonyl (C=O) groups excluding carboxylic acids is 1. The molecule has 126 valence electrons. The van der Waals surface area contributed by atoms with Crippen LogP contribution < -0.4 is 4.74 Å². The molecular weight excluding hydrogens is 311 g/mol. The van der Waals surface area contributed by atoms with Crippen molar-refractivity contribution in [3.8, 4) is 5.75 Å². The Bertz CT molecular complexity index is 721. The number of aliphatic hydroxyl groups is 1. The Morgan fingerprint density at radius 3 is 2.83 bits per heavy atom. The van der Waals surface area contributed by atoms with Crippen molar-refractivity contribution in [2.75, 3.05) is 13.1 Å². The topological polar surface area (TPSA) is 62.7 Å². The van der Waals surface area contributed by atoms with Crippen molar-refractivity contribution < 1.29 is 19.0 Å². The summed E-state index contributed by atoms with van der Waals surface area (Å²) in [6, 6.07) is 9.06. The highest BCUT2D eigenvalue weighted by Gasteiger charge is 2.41. The minimum Gasteiger partial charge on any atom is -0.485 e. The molecule has 2 aromatic rings. The van der Waals surface area contributed by atoms with Crippen LogP contribution in [0.2, 0.25) is 0 Å². The maximum absolute atomic E-state index is 13.3. The molecule has 0 saturated carbocycles. The van der Waals surface area contributed by atoms with E-state index in [0.29, 0.717) is 24.3 Å². The normalized spacial score (nSPS) is 23.8. The fourth-order valence-corrected chi connectivity index (χ4v) is 2.74. The molecule has 1 aromatic heterocycles. The number of carbonyl (C=O) groups is 1. The van der Waals surface area contributed by atoms with Crippen molar-refractivity contribution in [3.63, 3.8) is 0 Å². The molecule has 2 atom stereocenters. The Balaban J connectivity index is 1.76. The third kappa shape index (κ3) is 3.54. The van der Waals surface area contributed by atoms with Gasteiger partial charge in [0.25, 0.3) is 5.91 Å². The van der Waals surface area contributed by atoms with Crippen LogP contribution in [0.4, 0.5) is 4.39 Å². The summed E-state index contributed by atoms with van der Waals surface area (Å²) in [5.41, 5.74) is -0.558. The summed E-state index contributed by atoms with van der Waals surface area (Å²) in [7, 11) is 0. The zero-order valence-electron chi connectivity index (χ0n) is 13.4. The lowest BCUT2D eigenvalue weighted by Gasteiger charge is -2.42. The van der Waals surface area contributed by atoms with Gasteiger partial charge in [0, 0.05) is 30.6 Å². The lowest BCUT2D eigenvalue weighted by molar-refractivity contribution is -0.0882. The molecule has 0 unspecified atom stereocenters. The van der Waals surface area contributed by atoms with Crippen molar-refractivity contribution in [1.82, 2.24) is 9.88 Å². The Hall–Kier alpha value is -2.47. The minimum atomic E-state index is -1.10. The van der Waals surface area contributed by atoms with Crippen molar-refractivity contribution in [2.24, 2.45) is 0 Å².